The Kier molecular flexibility index (Phi) is 8.44. The fourth-order valence-electron chi connectivity index (χ4n) is 2.75. The number of benzene rings is 1. The third kappa shape index (κ3) is 6.45. The summed E-state index contributed by atoms with van der Waals surface area (Å²) in [5, 5.41) is 5.47. The maximum Gasteiger partial charge on any atom is 0.267 e. The molecule has 0 aliphatic carbocycles. The molecule has 0 fully saturated rings. The number of carbonyl (C=O) groups excluding carboxylic acids is 2. The van der Waals surface area contributed by atoms with Crippen molar-refractivity contribution in [1.82, 2.24) is 10.6 Å². The van der Waals surface area contributed by atoms with Crippen molar-refractivity contribution in [2.45, 2.75) is 5.75 Å². The van der Waals surface area contributed by atoms with Gasteiger partial charge in [0, 0.05) is 23.9 Å². The SMILES string of the molecule is COc1ccc(C(=O)N/C(=C\c2ccco2)C(=O)NCCSCc2ccco2)cc1OC. The zero-order valence-electron chi connectivity index (χ0n) is 17.8. The summed E-state index contributed by atoms with van der Waals surface area (Å²) in [7, 11) is 3.00. The Morgan fingerprint density at radius 3 is 2.50 bits per heavy atom. The topological polar surface area (TPSA) is 103 Å². The number of hydrogen-bond acceptors (Lipinski definition) is 7. The van der Waals surface area contributed by atoms with E-state index in [1.165, 1.54) is 26.6 Å². The molecule has 168 valence electrons. The minimum absolute atomic E-state index is 0.0655. The number of furan rings is 2. The molecule has 0 atom stereocenters. The first-order valence-electron chi connectivity index (χ1n) is 9.77. The van der Waals surface area contributed by atoms with Crippen molar-refractivity contribution in [3.8, 4) is 11.5 Å². The highest BCUT2D eigenvalue weighted by Crippen LogP contribution is 2.27. The Balaban J connectivity index is 1.63. The largest absolute Gasteiger partial charge is 0.493 e. The Hall–Kier alpha value is -3.59. The van der Waals surface area contributed by atoms with Crippen molar-refractivity contribution in [2.24, 2.45) is 0 Å². The lowest BCUT2D eigenvalue weighted by molar-refractivity contribution is -0.117. The summed E-state index contributed by atoms with van der Waals surface area (Å²) in [6, 6.07) is 11.9. The molecule has 0 unspecified atom stereocenters. The summed E-state index contributed by atoms with van der Waals surface area (Å²) in [5.74, 6) is 2.74. The third-order valence-corrected chi connectivity index (χ3v) is 5.31. The van der Waals surface area contributed by atoms with Crippen LogP contribution in [-0.4, -0.2) is 38.3 Å². The maximum atomic E-state index is 12.8. The van der Waals surface area contributed by atoms with Gasteiger partial charge in [-0.1, -0.05) is 0 Å². The molecule has 32 heavy (non-hydrogen) atoms. The average molecular weight is 457 g/mol. The van der Waals surface area contributed by atoms with Gasteiger partial charge in [-0.25, -0.2) is 0 Å². The number of rotatable bonds is 11. The molecule has 0 aliphatic heterocycles. The molecule has 8 nitrogen and oxygen atoms in total. The van der Waals surface area contributed by atoms with Gasteiger partial charge in [0.2, 0.25) is 0 Å². The minimum Gasteiger partial charge on any atom is -0.493 e. The lowest BCUT2D eigenvalue weighted by atomic mass is 10.1. The van der Waals surface area contributed by atoms with Crippen LogP contribution in [0.5, 0.6) is 11.5 Å². The Bertz CT molecular complexity index is 1040. The van der Waals surface area contributed by atoms with E-state index in [1.807, 2.05) is 12.1 Å². The molecule has 0 aliphatic rings. The average Bonchev–Trinajstić information content (AvgIpc) is 3.52. The summed E-state index contributed by atoms with van der Waals surface area (Å²) in [5.41, 5.74) is 0.380. The van der Waals surface area contributed by atoms with E-state index in [0.717, 1.165) is 5.76 Å². The van der Waals surface area contributed by atoms with Crippen LogP contribution in [0.15, 0.2) is 69.5 Å². The normalized spacial score (nSPS) is 11.1. The number of carbonyl (C=O) groups is 2. The second kappa shape index (κ2) is 11.7. The number of thioether (sulfide) groups is 1. The Morgan fingerprint density at radius 1 is 1.03 bits per heavy atom. The highest BCUT2D eigenvalue weighted by molar-refractivity contribution is 7.98. The molecule has 9 heteroatoms. The van der Waals surface area contributed by atoms with Crippen LogP contribution in [-0.2, 0) is 10.5 Å². The summed E-state index contributed by atoms with van der Waals surface area (Å²) < 4.78 is 21.0. The highest BCUT2D eigenvalue weighted by Gasteiger charge is 2.17. The molecule has 1 aromatic carbocycles. The van der Waals surface area contributed by atoms with Crippen molar-refractivity contribution < 1.29 is 27.9 Å². The van der Waals surface area contributed by atoms with E-state index >= 15 is 0 Å². The van der Waals surface area contributed by atoms with Gasteiger partial charge in [-0.2, -0.15) is 11.8 Å². The molecule has 0 bridgehead atoms. The van der Waals surface area contributed by atoms with E-state index in [4.69, 9.17) is 18.3 Å². The highest BCUT2D eigenvalue weighted by atomic mass is 32.2. The van der Waals surface area contributed by atoms with Crippen molar-refractivity contribution in [3.05, 3.63) is 77.8 Å². The van der Waals surface area contributed by atoms with Crippen LogP contribution in [0, 0.1) is 0 Å². The summed E-state index contributed by atoms with van der Waals surface area (Å²) in [6.07, 6.45) is 4.59. The number of ether oxygens (including phenoxy) is 2. The smallest absolute Gasteiger partial charge is 0.267 e. The van der Waals surface area contributed by atoms with E-state index in [2.05, 4.69) is 10.6 Å². The van der Waals surface area contributed by atoms with Crippen LogP contribution in [0.2, 0.25) is 0 Å². The summed E-state index contributed by atoms with van der Waals surface area (Å²) >= 11 is 1.63. The van der Waals surface area contributed by atoms with Crippen LogP contribution in [0.1, 0.15) is 21.9 Å². The first-order valence-corrected chi connectivity index (χ1v) is 10.9. The van der Waals surface area contributed by atoms with E-state index in [9.17, 15) is 9.59 Å². The number of hydrogen-bond donors (Lipinski definition) is 2. The van der Waals surface area contributed by atoms with Crippen LogP contribution in [0.4, 0.5) is 0 Å². The number of nitrogens with one attached hydrogen (secondary N) is 2. The van der Waals surface area contributed by atoms with Gasteiger partial charge in [0.05, 0.1) is 32.5 Å². The summed E-state index contributed by atoms with van der Waals surface area (Å²) in [4.78, 5) is 25.5. The van der Waals surface area contributed by atoms with Crippen LogP contribution in [0.3, 0.4) is 0 Å². The molecule has 0 saturated carbocycles. The van der Waals surface area contributed by atoms with Crippen LogP contribution < -0.4 is 20.1 Å². The van der Waals surface area contributed by atoms with Crippen LogP contribution in [0.25, 0.3) is 6.08 Å². The summed E-state index contributed by atoms with van der Waals surface area (Å²) in [6.45, 7) is 0.423. The van der Waals surface area contributed by atoms with Crippen molar-refractivity contribution in [1.29, 1.82) is 0 Å². The molecule has 2 amide bonds. The van der Waals surface area contributed by atoms with Gasteiger partial charge in [-0.15, -0.1) is 0 Å². The molecular formula is C23H24N2O6S. The lowest BCUT2D eigenvalue weighted by Gasteiger charge is -2.12. The monoisotopic (exact) mass is 456 g/mol. The Morgan fingerprint density at radius 2 is 1.81 bits per heavy atom. The van der Waals surface area contributed by atoms with E-state index < -0.39 is 11.8 Å². The maximum absolute atomic E-state index is 12.8. The van der Waals surface area contributed by atoms with Gasteiger partial charge in [0.1, 0.15) is 17.2 Å². The second-order valence-corrected chi connectivity index (χ2v) is 7.59. The van der Waals surface area contributed by atoms with Gasteiger partial charge < -0.3 is 28.9 Å². The zero-order valence-corrected chi connectivity index (χ0v) is 18.6. The van der Waals surface area contributed by atoms with E-state index in [-0.39, 0.29) is 5.70 Å². The fraction of sp³-hybridized carbons (Fsp3) is 0.217. The van der Waals surface area contributed by atoms with Gasteiger partial charge in [0.15, 0.2) is 11.5 Å². The molecule has 0 spiro atoms. The van der Waals surface area contributed by atoms with Gasteiger partial charge in [0.25, 0.3) is 11.8 Å². The minimum atomic E-state index is -0.467. The van der Waals surface area contributed by atoms with Gasteiger partial charge >= 0.3 is 0 Å². The third-order valence-electron chi connectivity index (χ3n) is 4.32. The van der Waals surface area contributed by atoms with Crippen LogP contribution >= 0.6 is 11.8 Å². The zero-order chi connectivity index (χ0) is 22.8. The molecule has 2 aromatic heterocycles. The number of methoxy groups -OCH3 is 2. The molecular weight excluding hydrogens is 432 g/mol. The molecule has 3 aromatic rings. The molecule has 2 heterocycles. The molecule has 0 saturated heterocycles. The van der Waals surface area contributed by atoms with E-state index in [0.29, 0.717) is 40.9 Å². The van der Waals surface area contributed by atoms with E-state index in [1.54, 1.807) is 48.4 Å². The van der Waals surface area contributed by atoms with Crippen molar-refractivity contribution >= 4 is 29.7 Å². The fourth-order valence-corrected chi connectivity index (χ4v) is 3.50. The molecule has 0 radical (unpaired) electrons. The Labute approximate surface area is 190 Å². The molecule has 2 N–H and O–H groups in total. The lowest BCUT2D eigenvalue weighted by Crippen LogP contribution is -2.35. The first-order chi connectivity index (χ1) is 15.6. The van der Waals surface area contributed by atoms with Crippen molar-refractivity contribution in [2.75, 3.05) is 26.5 Å². The number of amides is 2. The predicted octanol–water partition coefficient (Wildman–Crippen LogP) is 3.71. The van der Waals surface area contributed by atoms with Crippen molar-refractivity contribution in [3.63, 3.8) is 0 Å². The standard InChI is InChI=1S/C23H24N2O6S/c1-28-20-8-7-16(13-21(20)29-2)22(26)25-19(14-17-5-3-10-30-17)23(27)24-9-12-32-15-18-6-4-11-31-18/h3-8,10-11,13-14H,9,12,15H2,1-2H3,(H,24,27)(H,25,26)/b19-14-. The van der Waals surface area contributed by atoms with Gasteiger partial charge in [-0.05, 0) is 42.5 Å². The molecule has 3 rings (SSSR count). The second-order valence-electron chi connectivity index (χ2n) is 6.49. The predicted molar refractivity (Wildman–Crippen MR) is 122 cm³/mol. The van der Waals surface area contributed by atoms with Gasteiger partial charge in [-0.3, -0.25) is 9.59 Å². The quantitative estimate of drug-likeness (QED) is 0.335. The first kappa shape index (κ1) is 23.1.